The number of aliphatic hydroxyl groups is 4. The van der Waals surface area contributed by atoms with Crippen LogP contribution in [0.3, 0.4) is 0 Å². The molecule has 0 aromatic heterocycles. The van der Waals surface area contributed by atoms with E-state index in [1.807, 2.05) is 0 Å². The standard InChI is InChI=1S/C6H13NO4/c1-7-2-3(8)4(9)5(10)6(7)11/h3-6,8-11H,2H2,1H3/t3-,4+,5-,6-/m1/s1. The Balaban J connectivity index is 2.63. The van der Waals surface area contributed by atoms with Gasteiger partial charge in [-0.1, -0.05) is 0 Å². The minimum atomic E-state index is -1.29. The average Bonchev–Trinajstić information content (AvgIpc) is 1.97. The summed E-state index contributed by atoms with van der Waals surface area (Å²) in [6, 6.07) is 0. The fourth-order valence-corrected chi connectivity index (χ4v) is 1.18. The quantitative estimate of drug-likeness (QED) is 0.313. The molecule has 1 aliphatic heterocycles. The lowest BCUT2D eigenvalue weighted by molar-refractivity contribution is -0.187. The van der Waals surface area contributed by atoms with E-state index in [1.54, 1.807) is 7.05 Å². The number of hydrogen-bond acceptors (Lipinski definition) is 5. The third kappa shape index (κ3) is 1.52. The van der Waals surface area contributed by atoms with Gasteiger partial charge in [-0.2, -0.15) is 0 Å². The summed E-state index contributed by atoms with van der Waals surface area (Å²) in [5.74, 6) is 0. The van der Waals surface area contributed by atoms with Crippen LogP contribution in [0, 0.1) is 0 Å². The first kappa shape index (κ1) is 8.89. The molecule has 0 aromatic carbocycles. The molecule has 4 N–H and O–H groups in total. The predicted molar refractivity (Wildman–Crippen MR) is 36.7 cm³/mol. The summed E-state index contributed by atoms with van der Waals surface area (Å²) in [7, 11) is 1.56. The monoisotopic (exact) mass is 163 g/mol. The van der Waals surface area contributed by atoms with Gasteiger partial charge in [0.2, 0.25) is 0 Å². The van der Waals surface area contributed by atoms with Crippen molar-refractivity contribution in [2.24, 2.45) is 0 Å². The van der Waals surface area contributed by atoms with Crippen LogP contribution >= 0.6 is 0 Å². The summed E-state index contributed by atoms with van der Waals surface area (Å²) >= 11 is 0. The summed E-state index contributed by atoms with van der Waals surface area (Å²) in [5.41, 5.74) is 0. The van der Waals surface area contributed by atoms with Crippen LogP contribution < -0.4 is 0 Å². The average molecular weight is 163 g/mol. The zero-order chi connectivity index (χ0) is 8.59. The fourth-order valence-electron chi connectivity index (χ4n) is 1.18. The third-order valence-electron chi connectivity index (χ3n) is 1.98. The molecule has 1 heterocycles. The van der Waals surface area contributed by atoms with E-state index in [2.05, 4.69) is 0 Å². The molecule has 0 saturated carbocycles. The number of nitrogens with zero attached hydrogens (tertiary/aromatic N) is 1. The summed E-state index contributed by atoms with van der Waals surface area (Å²) in [5, 5.41) is 36.3. The molecule has 0 spiro atoms. The summed E-state index contributed by atoms with van der Waals surface area (Å²) in [6.45, 7) is 0.166. The lowest BCUT2D eigenvalue weighted by atomic mass is 10.0. The molecule has 1 aliphatic rings. The van der Waals surface area contributed by atoms with Crippen molar-refractivity contribution in [1.29, 1.82) is 0 Å². The molecule has 66 valence electrons. The number of likely N-dealkylation sites (N-methyl/N-ethyl adjacent to an activating group) is 1. The van der Waals surface area contributed by atoms with Crippen LogP contribution in [0.5, 0.6) is 0 Å². The Hall–Kier alpha value is -0.200. The van der Waals surface area contributed by atoms with E-state index in [0.717, 1.165) is 0 Å². The van der Waals surface area contributed by atoms with Crippen LogP contribution in [0.2, 0.25) is 0 Å². The lowest BCUT2D eigenvalue weighted by Crippen LogP contribution is -2.59. The van der Waals surface area contributed by atoms with Crippen LogP contribution in [-0.4, -0.2) is 63.5 Å². The minimum absolute atomic E-state index is 0.166. The van der Waals surface area contributed by atoms with Crippen molar-refractivity contribution < 1.29 is 20.4 Å². The second-order valence-corrected chi connectivity index (χ2v) is 2.90. The third-order valence-corrected chi connectivity index (χ3v) is 1.98. The SMILES string of the molecule is CN1C[C@@H](O)[C@H](O)[C@@H](O)[C@H]1O. The van der Waals surface area contributed by atoms with E-state index in [9.17, 15) is 0 Å². The molecule has 1 rings (SSSR count). The van der Waals surface area contributed by atoms with Crippen LogP contribution in [0.4, 0.5) is 0 Å². The molecule has 5 heteroatoms. The summed E-state index contributed by atoms with van der Waals surface area (Å²) in [6.07, 6.45) is -4.61. The molecule has 0 aliphatic carbocycles. The van der Waals surface area contributed by atoms with E-state index >= 15 is 0 Å². The highest BCUT2D eigenvalue weighted by Gasteiger charge is 2.38. The maximum absolute atomic E-state index is 9.14. The number of β-amino-alcohol motifs (C(OH)–C–C–N with tert-alkyl or cyclic N) is 1. The van der Waals surface area contributed by atoms with Crippen molar-refractivity contribution in [3.05, 3.63) is 0 Å². The van der Waals surface area contributed by atoms with E-state index in [0.29, 0.717) is 0 Å². The normalized spacial score (nSPS) is 47.7. The van der Waals surface area contributed by atoms with Gasteiger partial charge in [-0.05, 0) is 7.05 Å². The Bertz CT molecular complexity index is 129. The number of hydrogen-bond donors (Lipinski definition) is 4. The molecule has 4 atom stereocenters. The molecular weight excluding hydrogens is 150 g/mol. The number of likely N-dealkylation sites (tertiary alicyclic amines) is 1. The van der Waals surface area contributed by atoms with E-state index in [4.69, 9.17) is 20.4 Å². The highest BCUT2D eigenvalue weighted by molar-refractivity contribution is 4.87. The molecule has 0 unspecified atom stereocenters. The maximum Gasteiger partial charge on any atom is 0.136 e. The second kappa shape index (κ2) is 3.04. The van der Waals surface area contributed by atoms with Gasteiger partial charge in [0.1, 0.15) is 18.4 Å². The molecule has 0 bridgehead atoms. The largest absolute Gasteiger partial charge is 0.389 e. The Morgan fingerprint density at radius 2 is 1.64 bits per heavy atom. The van der Waals surface area contributed by atoms with Gasteiger partial charge >= 0.3 is 0 Å². The molecule has 0 amide bonds. The molecule has 1 fully saturated rings. The van der Waals surface area contributed by atoms with Crippen molar-refractivity contribution in [3.8, 4) is 0 Å². The topological polar surface area (TPSA) is 84.2 Å². The Morgan fingerprint density at radius 3 is 2.18 bits per heavy atom. The zero-order valence-electron chi connectivity index (χ0n) is 6.25. The first-order valence-electron chi connectivity index (χ1n) is 3.46. The van der Waals surface area contributed by atoms with Crippen molar-refractivity contribution in [3.63, 3.8) is 0 Å². The summed E-state index contributed by atoms with van der Waals surface area (Å²) in [4.78, 5) is 1.38. The molecule has 11 heavy (non-hydrogen) atoms. The fraction of sp³-hybridized carbons (Fsp3) is 1.00. The Labute approximate surface area is 64.5 Å². The van der Waals surface area contributed by atoms with Gasteiger partial charge in [-0.15, -0.1) is 0 Å². The van der Waals surface area contributed by atoms with E-state index in [-0.39, 0.29) is 6.54 Å². The van der Waals surface area contributed by atoms with Gasteiger partial charge in [0.15, 0.2) is 0 Å². The van der Waals surface area contributed by atoms with Crippen LogP contribution in [0.15, 0.2) is 0 Å². The van der Waals surface area contributed by atoms with Gasteiger partial charge in [0.25, 0.3) is 0 Å². The second-order valence-electron chi connectivity index (χ2n) is 2.90. The molecule has 1 saturated heterocycles. The van der Waals surface area contributed by atoms with Crippen molar-refractivity contribution in [1.82, 2.24) is 4.90 Å². The van der Waals surface area contributed by atoms with Crippen LogP contribution in [0.1, 0.15) is 0 Å². The van der Waals surface area contributed by atoms with Crippen LogP contribution in [-0.2, 0) is 0 Å². The van der Waals surface area contributed by atoms with Crippen molar-refractivity contribution >= 4 is 0 Å². The Morgan fingerprint density at radius 1 is 1.09 bits per heavy atom. The molecule has 5 nitrogen and oxygen atoms in total. The van der Waals surface area contributed by atoms with Gasteiger partial charge in [-0.25, -0.2) is 0 Å². The number of aliphatic hydroxyl groups excluding tert-OH is 4. The highest BCUT2D eigenvalue weighted by atomic mass is 16.4. The van der Waals surface area contributed by atoms with E-state index < -0.39 is 24.5 Å². The minimum Gasteiger partial charge on any atom is -0.389 e. The Kier molecular flexibility index (Phi) is 2.46. The highest BCUT2D eigenvalue weighted by Crippen LogP contribution is 2.14. The first-order valence-corrected chi connectivity index (χ1v) is 3.46. The van der Waals surface area contributed by atoms with Gasteiger partial charge in [-0.3, -0.25) is 4.90 Å². The predicted octanol–water partition coefficient (Wildman–Crippen LogP) is -2.67. The van der Waals surface area contributed by atoms with Gasteiger partial charge in [0, 0.05) is 6.54 Å². The summed E-state index contributed by atoms with van der Waals surface area (Å²) < 4.78 is 0. The smallest absolute Gasteiger partial charge is 0.136 e. The number of piperidine rings is 1. The van der Waals surface area contributed by atoms with Crippen LogP contribution in [0.25, 0.3) is 0 Å². The van der Waals surface area contributed by atoms with Crippen molar-refractivity contribution in [2.45, 2.75) is 24.5 Å². The maximum atomic E-state index is 9.14. The van der Waals surface area contributed by atoms with E-state index in [1.165, 1.54) is 4.90 Å². The first-order chi connectivity index (χ1) is 5.04. The zero-order valence-corrected chi connectivity index (χ0v) is 6.25. The van der Waals surface area contributed by atoms with Gasteiger partial charge in [0.05, 0.1) is 6.10 Å². The number of rotatable bonds is 0. The van der Waals surface area contributed by atoms with Crippen molar-refractivity contribution in [2.75, 3.05) is 13.6 Å². The molecular formula is C6H13NO4. The lowest BCUT2D eigenvalue weighted by Gasteiger charge is -2.38. The van der Waals surface area contributed by atoms with Gasteiger partial charge < -0.3 is 20.4 Å². The molecule has 0 aromatic rings. The molecule has 0 radical (unpaired) electrons.